The number of carbonyl (C=O) groups is 1. The van der Waals surface area contributed by atoms with E-state index in [9.17, 15) is 4.79 Å². The Morgan fingerprint density at radius 3 is 3.00 bits per heavy atom. The van der Waals surface area contributed by atoms with Crippen molar-refractivity contribution in [3.63, 3.8) is 0 Å². The topological polar surface area (TPSA) is 55.1 Å². The summed E-state index contributed by atoms with van der Waals surface area (Å²) in [6, 6.07) is 0.514. The van der Waals surface area contributed by atoms with Crippen LogP contribution in [0, 0.1) is 0 Å². The smallest absolute Gasteiger partial charge is 0.303 e. The summed E-state index contributed by atoms with van der Waals surface area (Å²) in [7, 11) is 0. The summed E-state index contributed by atoms with van der Waals surface area (Å²) in [6.07, 6.45) is 6.91. The molecule has 0 amide bonds. The summed E-state index contributed by atoms with van der Waals surface area (Å²) in [5, 5.41) is 12.9. The van der Waals surface area contributed by atoms with Crippen LogP contribution in [0.25, 0.3) is 0 Å². The summed E-state index contributed by atoms with van der Waals surface area (Å²) in [5.41, 5.74) is 1.03. The zero-order chi connectivity index (χ0) is 11.4. The van der Waals surface area contributed by atoms with Gasteiger partial charge in [-0.2, -0.15) is 16.9 Å². The molecule has 0 aromatic carbocycles. The molecule has 16 heavy (non-hydrogen) atoms. The zero-order valence-corrected chi connectivity index (χ0v) is 9.95. The highest BCUT2D eigenvalue weighted by molar-refractivity contribution is 7.99. The van der Waals surface area contributed by atoms with Crippen molar-refractivity contribution in [3.8, 4) is 0 Å². The van der Waals surface area contributed by atoms with E-state index in [4.69, 9.17) is 5.11 Å². The average Bonchev–Trinajstić information content (AvgIpc) is 2.76. The molecule has 1 N–H and O–H groups in total. The number of rotatable bonds is 4. The highest BCUT2D eigenvalue weighted by Crippen LogP contribution is 2.26. The molecular weight excluding hydrogens is 224 g/mol. The van der Waals surface area contributed by atoms with Crippen LogP contribution in [0.2, 0.25) is 0 Å². The van der Waals surface area contributed by atoms with E-state index in [1.165, 1.54) is 24.3 Å². The number of hydrogen-bond acceptors (Lipinski definition) is 3. The lowest BCUT2D eigenvalue weighted by Gasteiger charge is -2.21. The van der Waals surface area contributed by atoms with Gasteiger partial charge in [0.15, 0.2) is 0 Å². The summed E-state index contributed by atoms with van der Waals surface area (Å²) in [6.45, 7) is 0. The lowest BCUT2D eigenvalue weighted by molar-refractivity contribution is -0.136. The summed E-state index contributed by atoms with van der Waals surface area (Å²) < 4.78 is 2.01. The quantitative estimate of drug-likeness (QED) is 0.874. The molecule has 0 spiro atoms. The first-order chi connectivity index (χ1) is 7.75. The molecule has 1 aromatic heterocycles. The van der Waals surface area contributed by atoms with Gasteiger partial charge >= 0.3 is 5.97 Å². The maximum Gasteiger partial charge on any atom is 0.303 e. The molecule has 0 bridgehead atoms. The normalized spacial score (nSPS) is 17.5. The maximum absolute atomic E-state index is 10.5. The molecule has 88 valence electrons. The van der Waals surface area contributed by atoms with Gasteiger partial charge in [-0.15, -0.1) is 0 Å². The van der Waals surface area contributed by atoms with Crippen LogP contribution in [0.3, 0.4) is 0 Å². The first-order valence-electron chi connectivity index (χ1n) is 5.58. The summed E-state index contributed by atoms with van der Waals surface area (Å²) in [5.74, 6) is 1.66. The Kier molecular flexibility index (Phi) is 3.88. The molecule has 0 atom stereocenters. The first-order valence-corrected chi connectivity index (χ1v) is 6.74. The zero-order valence-electron chi connectivity index (χ0n) is 9.13. The molecule has 1 fully saturated rings. The number of thioether (sulfide) groups is 1. The monoisotopic (exact) mass is 240 g/mol. The van der Waals surface area contributed by atoms with Crippen LogP contribution in [0.1, 0.15) is 30.9 Å². The number of carboxylic acids is 1. The van der Waals surface area contributed by atoms with E-state index in [2.05, 4.69) is 5.10 Å². The fourth-order valence-corrected chi connectivity index (χ4v) is 2.99. The van der Waals surface area contributed by atoms with Crippen molar-refractivity contribution in [1.82, 2.24) is 9.78 Å². The van der Waals surface area contributed by atoms with E-state index in [1.54, 1.807) is 6.20 Å². The Hall–Kier alpha value is -0.970. The third-order valence-corrected chi connectivity index (χ3v) is 3.90. The van der Waals surface area contributed by atoms with Crippen LogP contribution in [0.4, 0.5) is 0 Å². The Labute approximate surface area is 99.0 Å². The Morgan fingerprint density at radius 1 is 1.56 bits per heavy atom. The van der Waals surface area contributed by atoms with Gasteiger partial charge in [-0.25, -0.2) is 0 Å². The lowest BCUT2D eigenvalue weighted by Crippen LogP contribution is -2.15. The van der Waals surface area contributed by atoms with Gasteiger partial charge in [0.25, 0.3) is 0 Å². The van der Waals surface area contributed by atoms with E-state index >= 15 is 0 Å². The van der Waals surface area contributed by atoms with Crippen molar-refractivity contribution >= 4 is 17.7 Å². The van der Waals surface area contributed by atoms with E-state index in [0.717, 1.165) is 5.56 Å². The molecule has 0 unspecified atom stereocenters. The van der Waals surface area contributed by atoms with Crippen molar-refractivity contribution in [2.24, 2.45) is 0 Å². The molecule has 0 aliphatic carbocycles. The Balaban J connectivity index is 1.93. The number of aromatic nitrogens is 2. The van der Waals surface area contributed by atoms with Crippen molar-refractivity contribution in [3.05, 3.63) is 18.0 Å². The van der Waals surface area contributed by atoms with Gasteiger partial charge in [0.05, 0.1) is 12.2 Å². The van der Waals surface area contributed by atoms with Crippen LogP contribution >= 0.6 is 11.8 Å². The molecule has 1 aromatic rings. The maximum atomic E-state index is 10.5. The molecule has 0 saturated carbocycles. The number of nitrogens with zero attached hydrogens (tertiary/aromatic N) is 2. The van der Waals surface area contributed by atoms with E-state index in [1.807, 2.05) is 22.6 Å². The van der Waals surface area contributed by atoms with Crippen LogP contribution in [-0.4, -0.2) is 32.4 Å². The molecule has 2 heterocycles. The number of aryl methyl sites for hydroxylation is 1. The van der Waals surface area contributed by atoms with Gasteiger partial charge in [-0.3, -0.25) is 9.48 Å². The van der Waals surface area contributed by atoms with Crippen molar-refractivity contribution < 1.29 is 9.90 Å². The van der Waals surface area contributed by atoms with Crippen molar-refractivity contribution in [2.45, 2.75) is 31.7 Å². The number of hydrogen-bond donors (Lipinski definition) is 1. The Morgan fingerprint density at radius 2 is 2.31 bits per heavy atom. The van der Waals surface area contributed by atoms with Crippen LogP contribution in [0.5, 0.6) is 0 Å². The first kappa shape index (κ1) is 11.5. The number of carboxylic acid groups (broad SMARTS) is 1. The van der Waals surface area contributed by atoms with Crippen LogP contribution in [-0.2, 0) is 11.2 Å². The van der Waals surface area contributed by atoms with E-state index in [-0.39, 0.29) is 6.42 Å². The average molecular weight is 240 g/mol. The van der Waals surface area contributed by atoms with Gasteiger partial charge in [0.2, 0.25) is 0 Å². The second-order valence-electron chi connectivity index (χ2n) is 4.07. The molecule has 4 nitrogen and oxygen atoms in total. The van der Waals surface area contributed by atoms with Gasteiger partial charge in [0, 0.05) is 12.6 Å². The second-order valence-corrected chi connectivity index (χ2v) is 5.29. The van der Waals surface area contributed by atoms with Crippen LogP contribution < -0.4 is 0 Å². The fraction of sp³-hybridized carbons (Fsp3) is 0.636. The number of aliphatic carboxylic acids is 1. The Bertz CT molecular complexity index is 359. The van der Waals surface area contributed by atoms with E-state index < -0.39 is 5.97 Å². The molecule has 2 rings (SSSR count). The van der Waals surface area contributed by atoms with Gasteiger partial charge in [-0.1, -0.05) is 0 Å². The van der Waals surface area contributed by atoms with E-state index in [0.29, 0.717) is 12.5 Å². The fourth-order valence-electron chi connectivity index (χ4n) is 1.91. The largest absolute Gasteiger partial charge is 0.481 e. The highest BCUT2D eigenvalue weighted by atomic mass is 32.2. The SMILES string of the molecule is O=C(O)CCc1cnn(C2CCSCC2)c1. The third-order valence-electron chi connectivity index (χ3n) is 2.85. The molecule has 1 saturated heterocycles. The standard InChI is InChI=1S/C11H16N2O2S/c14-11(15)2-1-9-7-12-13(8-9)10-3-5-16-6-4-10/h7-8,10H,1-6H2,(H,14,15). The van der Waals surface area contributed by atoms with Crippen molar-refractivity contribution in [2.75, 3.05) is 11.5 Å². The lowest BCUT2D eigenvalue weighted by atomic mass is 10.1. The molecule has 1 aliphatic rings. The predicted molar refractivity (Wildman–Crippen MR) is 63.8 cm³/mol. The third kappa shape index (κ3) is 3.01. The highest BCUT2D eigenvalue weighted by Gasteiger charge is 2.16. The van der Waals surface area contributed by atoms with Crippen molar-refractivity contribution in [1.29, 1.82) is 0 Å². The minimum Gasteiger partial charge on any atom is -0.481 e. The molecule has 5 heteroatoms. The summed E-state index contributed by atoms with van der Waals surface area (Å²) >= 11 is 2.00. The van der Waals surface area contributed by atoms with Gasteiger partial charge < -0.3 is 5.11 Å². The second kappa shape index (κ2) is 5.39. The van der Waals surface area contributed by atoms with Crippen LogP contribution in [0.15, 0.2) is 12.4 Å². The molecular formula is C11H16N2O2S. The summed E-state index contributed by atoms with van der Waals surface area (Å²) in [4.78, 5) is 10.5. The van der Waals surface area contributed by atoms with Gasteiger partial charge in [-0.05, 0) is 36.3 Å². The molecule has 1 aliphatic heterocycles. The molecule has 0 radical (unpaired) electrons. The predicted octanol–water partition coefficient (Wildman–Crippen LogP) is 1.97. The van der Waals surface area contributed by atoms with Gasteiger partial charge in [0.1, 0.15) is 0 Å². The minimum absolute atomic E-state index is 0.187. The minimum atomic E-state index is -0.748.